The van der Waals surface area contributed by atoms with E-state index in [2.05, 4.69) is 5.32 Å². The minimum Gasteiger partial charge on any atom is -0.493 e. The zero-order valence-corrected chi connectivity index (χ0v) is 23.5. The Balaban J connectivity index is 1.53. The van der Waals surface area contributed by atoms with Crippen molar-refractivity contribution >= 4 is 35.3 Å². The Morgan fingerprint density at radius 3 is 2.55 bits per heavy atom. The van der Waals surface area contributed by atoms with Crippen LogP contribution < -0.4 is 19.7 Å². The van der Waals surface area contributed by atoms with E-state index in [4.69, 9.17) is 14.2 Å². The normalized spacial score (nSPS) is 21.5. The van der Waals surface area contributed by atoms with Gasteiger partial charge in [0.25, 0.3) is 5.69 Å². The number of amides is 5. The summed E-state index contributed by atoms with van der Waals surface area (Å²) in [6.07, 6.45) is -0.506. The molecule has 14 nitrogen and oxygen atoms in total. The molecule has 2 unspecified atom stereocenters. The SMILES string of the molecule is CCOC(=O)N1CCN2c3ccc([N+](=O)[O-])cc3CC3(C(=O)NC(=O)N(CCc4ccc(OC)c(OC)c4)C3=O)C2C1. The van der Waals surface area contributed by atoms with Crippen molar-refractivity contribution in [1.82, 2.24) is 15.1 Å². The lowest BCUT2D eigenvalue weighted by molar-refractivity contribution is -0.384. The topological polar surface area (TPSA) is 161 Å². The van der Waals surface area contributed by atoms with Crippen LogP contribution >= 0.6 is 0 Å². The quantitative estimate of drug-likeness (QED) is 0.291. The largest absolute Gasteiger partial charge is 0.493 e. The molecule has 42 heavy (non-hydrogen) atoms. The van der Waals surface area contributed by atoms with E-state index in [1.54, 1.807) is 31.2 Å². The van der Waals surface area contributed by atoms with Gasteiger partial charge in [-0.2, -0.15) is 0 Å². The number of benzene rings is 2. The molecule has 2 aromatic rings. The molecule has 222 valence electrons. The van der Waals surface area contributed by atoms with Crippen molar-refractivity contribution in [3.05, 3.63) is 57.6 Å². The van der Waals surface area contributed by atoms with Crippen LogP contribution in [-0.2, 0) is 27.2 Å². The molecule has 5 rings (SSSR count). The van der Waals surface area contributed by atoms with Crippen LogP contribution in [0, 0.1) is 15.5 Å². The highest BCUT2D eigenvalue weighted by Gasteiger charge is 2.63. The number of nitro benzene ring substituents is 1. The first-order chi connectivity index (χ1) is 20.1. The number of piperazine rings is 1. The zero-order chi connectivity index (χ0) is 30.2. The molecular weight excluding hydrogens is 550 g/mol. The number of ether oxygens (including phenoxy) is 3. The summed E-state index contributed by atoms with van der Waals surface area (Å²) in [5.41, 5.74) is -0.190. The number of fused-ring (bicyclic) bond motifs is 4. The van der Waals surface area contributed by atoms with Gasteiger partial charge in [0.15, 0.2) is 16.9 Å². The van der Waals surface area contributed by atoms with E-state index >= 15 is 0 Å². The van der Waals surface area contributed by atoms with Crippen LogP contribution in [0.15, 0.2) is 36.4 Å². The molecule has 3 aliphatic heterocycles. The van der Waals surface area contributed by atoms with Gasteiger partial charge in [0.05, 0.1) is 31.8 Å². The number of rotatable bonds is 7. The maximum absolute atomic E-state index is 14.4. The smallest absolute Gasteiger partial charge is 0.409 e. The van der Waals surface area contributed by atoms with Crippen LogP contribution in [0.1, 0.15) is 18.1 Å². The van der Waals surface area contributed by atoms with Gasteiger partial charge in [0.1, 0.15) is 0 Å². The molecule has 2 aromatic carbocycles. The Morgan fingerprint density at radius 1 is 1.10 bits per heavy atom. The number of carbonyl (C=O) groups excluding carboxylic acids is 4. The second kappa shape index (κ2) is 11.2. The van der Waals surface area contributed by atoms with Gasteiger partial charge in [0.2, 0.25) is 11.8 Å². The standard InChI is InChI=1S/C28H31N5O9/c1-4-42-27(37)30-11-12-31-20-7-6-19(33(38)39)14-18(20)15-28(23(31)16-30)24(34)29-26(36)32(25(28)35)10-9-17-5-8-21(40-2)22(13-17)41-3/h5-8,13-14,23H,4,9-12,15-16H2,1-3H3,(H,29,34,36). The fraction of sp³-hybridized carbons (Fsp3) is 0.429. The first-order valence-electron chi connectivity index (χ1n) is 13.5. The number of methoxy groups -OCH3 is 2. The van der Waals surface area contributed by atoms with Gasteiger partial charge in [-0.3, -0.25) is 29.9 Å². The van der Waals surface area contributed by atoms with E-state index < -0.39 is 40.3 Å². The van der Waals surface area contributed by atoms with Gasteiger partial charge in [-0.1, -0.05) is 6.07 Å². The summed E-state index contributed by atoms with van der Waals surface area (Å²) >= 11 is 0. The number of anilines is 1. The van der Waals surface area contributed by atoms with Crippen molar-refractivity contribution in [3.63, 3.8) is 0 Å². The molecule has 0 aliphatic carbocycles. The van der Waals surface area contributed by atoms with E-state index in [9.17, 15) is 29.3 Å². The second-order valence-corrected chi connectivity index (χ2v) is 10.2. The number of nitrogens with zero attached hydrogens (tertiary/aromatic N) is 4. The fourth-order valence-electron chi connectivity index (χ4n) is 6.04. The van der Waals surface area contributed by atoms with Crippen LogP contribution in [0.2, 0.25) is 0 Å². The Morgan fingerprint density at radius 2 is 1.86 bits per heavy atom. The van der Waals surface area contributed by atoms with Crippen molar-refractivity contribution in [1.29, 1.82) is 0 Å². The predicted octanol–water partition coefficient (Wildman–Crippen LogP) is 2.12. The number of barbiturate groups is 1. The van der Waals surface area contributed by atoms with Gasteiger partial charge >= 0.3 is 12.1 Å². The van der Waals surface area contributed by atoms with Crippen LogP contribution in [0.5, 0.6) is 11.5 Å². The molecule has 0 radical (unpaired) electrons. The highest BCUT2D eigenvalue weighted by molar-refractivity contribution is 6.20. The lowest BCUT2D eigenvalue weighted by Gasteiger charge is -2.55. The van der Waals surface area contributed by atoms with Gasteiger partial charge in [-0.15, -0.1) is 0 Å². The number of nitrogens with one attached hydrogen (secondary N) is 1. The minimum absolute atomic E-state index is 0.0217. The fourth-order valence-corrected chi connectivity index (χ4v) is 6.04. The Bertz CT molecular complexity index is 1460. The monoisotopic (exact) mass is 581 g/mol. The Labute approximate surface area is 241 Å². The number of hydrogen-bond acceptors (Lipinski definition) is 10. The maximum atomic E-state index is 14.4. The molecule has 3 aliphatic rings. The third kappa shape index (κ3) is 4.72. The minimum atomic E-state index is -1.83. The number of imide groups is 2. The molecule has 14 heteroatoms. The molecular formula is C28H31N5O9. The molecule has 2 fully saturated rings. The summed E-state index contributed by atoms with van der Waals surface area (Å²) in [4.78, 5) is 69.1. The summed E-state index contributed by atoms with van der Waals surface area (Å²) in [6.45, 7) is 2.26. The van der Waals surface area contributed by atoms with Gasteiger partial charge in [-0.05, 0) is 42.7 Å². The summed E-state index contributed by atoms with van der Waals surface area (Å²) in [7, 11) is 3.01. The first-order valence-corrected chi connectivity index (χ1v) is 13.5. The Kier molecular flexibility index (Phi) is 7.63. The van der Waals surface area contributed by atoms with Crippen molar-refractivity contribution in [2.75, 3.05) is 51.9 Å². The van der Waals surface area contributed by atoms with Crippen LogP contribution in [0.25, 0.3) is 0 Å². The molecule has 0 aromatic heterocycles. The number of urea groups is 1. The zero-order valence-electron chi connectivity index (χ0n) is 23.5. The number of hydrogen-bond donors (Lipinski definition) is 1. The molecule has 0 saturated carbocycles. The van der Waals surface area contributed by atoms with Gasteiger partial charge < -0.3 is 24.0 Å². The lowest BCUT2D eigenvalue weighted by atomic mass is 9.67. The van der Waals surface area contributed by atoms with E-state index in [1.165, 1.54) is 31.3 Å². The summed E-state index contributed by atoms with van der Waals surface area (Å²) in [5.74, 6) is -0.526. The van der Waals surface area contributed by atoms with Crippen molar-refractivity contribution in [3.8, 4) is 11.5 Å². The van der Waals surface area contributed by atoms with Crippen LogP contribution in [-0.4, -0.2) is 91.7 Å². The lowest BCUT2D eigenvalue weighted by Crippen LogP contribution is -2.75. The third-order valence-corrected chi connectivity index (χ3v) is 8.10. The van der Waals surface area contributed by atoms with Gasteiger partial charge in [0, 0.05) is 50.4 Å². The molecule has 1 spiro atoms. The van der Waals surface area contributed by atoms with Crippen molar-refractivity contribution in [2.45, 2.75) is 25.8 Å². The van der Waals surface area contributed by atoms with Crippen LogP contribution in [0.3, 0.4) is 0 Å². The van der Waals surface area contributed by atoms with Gasteiger partial charge in [-0.25, -0.2) is 9.59 Å². The molecule has 2 atom stereocenters. The molecule has 3 heterocycles. The molecule has 0 bridgehead atoms. The predicted molar refractivity (Wildman–Crippen MR) is 147 cm³/mol. The number of non-ortho nitro benzene ring substituents is 1. The summed E-state index contributed by atoms with van der Waals surface area (Å²) < 4.78 is 15.8. The molecule has 2 saturated heterocycles. The van der Waals surface area contributed by atoms with E-state index in [0.717, 1.165) is 10.5 Å². The van der Waals surface area contributed by atoms with Crippen molar-refractivity contribution in [2.24, 2.45) is 5.41 Å². The summed E-state index contributed by atoms with van der Waals surface area (Å²) in [6, 6.07) is 7.85. The van der Waals surface area contributed by atoms with E-state index in [0.29, 0.717) is 22.7 Å². The van der Waals surface area contributed by atoms with E-state index in [-0.39, 0.29) is 51.3 Å². The maximum Gasteiger partial charge on any atom is 0.409 e. The van der Waals surface area contributed by atoms with E-state index in [1.807, 2.05) is 4.90 Å². The third-order valence-electron chi connectivity index (χ3n) is 8.10. The number of carbonyl (C=O) groups is 4. The first kappa shape index (κ1) is 28.6. The molecule has 1 N–H and O–H groups in total. The van der Waals surface area contributed by atoms with Crippen molar-refractivity contribution < 1.29 is 38.3 Å². The average Bonchev–Trinajstić information content (AvgIpc) is 2.99. The Hall–Kier alpha value is -4.88. The second-order valence-electron chi connectivity index (χ2n) is 10.2. The highest BCUT2D eigenvalue weighted by atomic mass is 16.6. The number of nitro groups is 1. The highest BCUT2D eigenvalue weighted by Crippen LogP contribution is 2.46. The van der Waals surface area contributed by atoms with Crippen LogP contribution in [0.4, 0.5) is 21.0 Å². The molecule has 5 amide bonds. The average molecular weight is 582 g/mol. The summed E-state index contributed by atoms with van der Waals surface area (Å²) in [5, 5.41) is 13.9.